The van der Waals surface area contributed by atoms with Crippen molar-refractivity contribution in [1.29, 1.82) is 0 Å². The van der Waals surface area contributed by atoms with Gasteiger partial charge in [-0.25, -0.2) is 9.98 Å². The van der Waals surface area contributed by atoms with Crippen molar-refractivity contribution in [1.82, 2.24) is 9.97 Å². The summed E-state index contributed by atoms with van der Waals surface area (Å²) in [6, 6.07) is 0. The zero-order valence-electron chi connectivity index (χ0n) is 8.90. The van der Waals surface area contributed by atoms with E-state index in [0.717, 1.165) is 0 Å². The summed E-state index contributed by atoms with van der Waals surface area (Å²) >= 11 is 0. The first-order chi connectivity index (χ1) is 6.89. The average molecular weight is 204 g/mol. The zero-order chi connectivity index (χ0) is 11.2. The summed E-state index contributed by atoms with van der Waals surface area (Å²) in [6.07, 6.45) is 1.26. The second kappa shape index (κ2) is 2.85. The number of hydrogen-bond donors (Lipinski definition) is 1. The Morgan fingerprint density at radius 2 is 1.93 bits per heavy atom. The predicted octanol–water partition coefficient (Wildman–Crippen LogP) is 1.25. The molecule has 1 aromatic heterocycles. The van der Waals surface area contributed by atoms with Crippen LogP contribution in [0, 0.1) is 0 Å². The third-order valence-corrected chi connectivity index (χ3v) is 2.17. The van der Waals surface area contributed by atoms with Gasteiger partial charge in [-0.2, -0.15) is 4.98 Å². The van der Waals surface area contributed by atoms with Crippen LogP contribution in [0.2, 0.25) is 0 Å². The Balaban J connectivity index is 2.73. The molecule has 1 aromatic rings. The first-order valence-corrected chi connectivity index (χ1v) is 4.66. The molecule has 5 nitrogen and oxygen atoms in total. The molecule has 78 valence electrons. The fraction of sp³-hybridized carbons (Fsp3) is 0.400. The molecular weight excluding hydrogens is 192 g/mol. The maximum atomic E-state index is 11.6. The van der Waals surface area contributed by atoms with Gasteiger partial charge in [0, 0.05) is 5.41 Å². The first kappa shape index (κ1) is 9.76. The van der Waals surface area contributed by atoms with Crippen molar-refractivity contribution < 1.29 is 4.79 Å². The third-order valence-electron chi connectivity index (χ3n) is 2.17. The summed E-state index contributed by atoms with van der Waals surface area (Å²) in [4.78, 5) is 23.5. The van der Waals surface area contributed by atoms with Gasteiger partial charge in [-0.3, -0.25) is 4.79 Å². The van der Waals surface area contributed by atoms with Gasteiger partial charge in [-0.05, 0) is 0 Å². The summed E-state index contributed by atoms with van der Waals surface area (Å²) in [5, 5.41) is 0. The SMILES string of the molecule is CC(C)(C)c1nc(N)nc2c1C(=O)C=N2. The molecule has 0 bridgehead atoms. The minimum atomic E-state index is -0.246. The Kier molecular flexibility index (Phi) is 1.86. The number of fused-ring (bicyclic) bond motifs is 1. The maximum Gasteiger partial charge on any atom is 0.222 e. The van der Waals surface area contributed by atoms with Crippen molar-refractivity contribution >= 4 is 23.8 Å². The molecule has 2 rings (SSSR count). The quantitative estimate of drug-likeness (QED) is 0.689. The van der Waals surface area contributed by atoms with Gasteiger partial charge in [0.15, 0.2) is 5.82 Å². The summed E-state index contributed by atoms with van der Waals surface area (Å²) in [5.74, 6) is 0.401. The second-order valence-electron chi connectivity index (χ2n) is 4.50. The molecule has 15 heavy (non-hydrogen) atoms. The van der Waals surface area contributed by atoms with Gasteiger partial charge in [0.2, 0.25) is 11.7 Å². The maximum absolute atomic E-state index is 11.6. The highest BCUT2D eigenvalue weighted by Gasteiger charge is 2.29. The summed E-state index contributed by atoms with van der Waals surface area (Å²) < 4.78 is 0. The molecule has 1 aliphatic rings. The highest BCUT2D eigenvalue weighted by molar-refractivity contribution is 6.40. The van der Waals surface area contributed by atoms with Crippen LogP contribution >= 0.6 is 0 Å². The number of hydrogen-bond acceptors (Lipinski definition) is 5. The number of rotatable bonds is 0. The minimum Gasteiger partial charge on any atom is -0.368 e. The number of carbonyl (C=O) groups is 1. The van der Waals surface area contributed by atoms with Crippen LogP contribution in [0.5, 0.6) is 0 Å². The van der Waals surface area contributed by atoms with Crippen LogP contribution in [0.15, 0.2) is 4.99 Å². The van der Waals surface area contributed by atoms with E-state index in [0.29, 0.717) is 17.1 Å². The Morgan fingerprint density at radius 3 is 2.53 bits per heavy atom. The molecule has 2 N–H and O–H groups in total. The first-order valence-electron chi connectivity index (χ1n) is 4.66. The Labute approximate surface area is 87.5 Å². The molecule has 0 saturated heterocycles. The highest BCUT2D eigenvalue weighted by atomic mass is 16.1. The minimum absolute atomic E-state index is 0.144. The third kappa shape index (κ3) is 1.49. The van der Waals surface area contributed by atoms with Crippen molar-refractivity contribution in [2.45, 2.75) is 26.2 Å². The van der Waals surface area contributed by atoms with Crippen molar-refractivity contribution in [3.8, 4) is 0 Å². The molecule has 1 aliphatic heterocycles. The van der Waals surface area contributed by atoms with Crippen LogP contribution in [0.4, 0.5) is 11.8 Å². The van der Waals surface area contributed by atoms with E-state index in [1.165, 1.54) is 6.21 Å². The number of aromatic nitrogens is 2. The van der Waals surface area contributed by atoms with Gasteiger partial charge < -0.3 is 5.73 Å². The van der Waals surface area contributed by atoms with Crippen LogP contribution < -0.4 is 5.73 Å². The van der Waals surface area contributed by atoms with Gasteiger partial charge >= 0.3 is 0 Å². The fourth-order valence-corrected chi connectivity index (χ4v) is 1.51. The number of aliphatic imine (C=N–C) groups is 1. The molecule has 0 aliphatic carbocycles. The zero-order valence-corrected chi connectivity index (χ0v) is 8.90. The van der Waals surface area contributed by atoms with Gasteiger partial charge in [-0.15, -0.1) is 0 Å². The van der Waals surface area contributed by atoms with E-state index in [2.05, 4.69) is 15.0 Å². The van der Waals surface area contributed by atoms with Crippen molar-refractivity contribution in [2.24, 2.45) is 4.99 Å². The lowest BCUT2D eigenvalue weighted by Crippen LogP contribution is -2.20. The number of anilines is 1. The van der Waals surface area contributed by atoms with E-state index in [-0.39, 0.29) is 17.1 Å². The van der Waals surface area contributed by atoms with E-state index in [4.69, 9.17) is 5.73 Å². The molecule has 0 radical (unpaired) electrons. The molecule has 5 heteroatoms. The molecule has 0 unspecified atom stereocenters. The topological polar surface area (TPSA) is 81.2 Å². The van der Waals surface area contributed by atoms with Gasteiger partial charge in [-0.1, -0.05) is 20.8 Å². The average Bonchev–Trinajstić information content (AvgIpc) is 2.44. The smallest absolute Gasteiger partial charge is 0.222 e. The lowest BCUT2D eigenvalue weighted by Gasteiger charge is -2.19. The van der Waals surface area contributed by atoms with Crippen LogP contribution in [-0.2, 0) is 5.41 Å². The number of Topliss-reactive ketones (excluding diaryl/α,β-unsaturated/α-hetero) is 1. The summed E-state index contributed by atoms with van der Waals surface area (Å²) in [6.45, 7) is 5.92. The number of nitrogens with zero attached hydrogens (tertiary/aromatic N) is 3. The number of nitrogen functional groups attached to an aromatic ring is 1. The van der Waals surface area contributed by atoms with E-state index in [1.807, 2.05) is 20.8 Å². The normalized spacial score (nSPS) is 14.5. The summed E-state index contributed by atoms with van der Waals surface area (Å²) in [7, 11) is 0. The fourth-order valence-electron chi connectivity index (χ4n) is 1.51. The molecule has 0 saturated carbocycles. The molecule has 0 fully saturated rings. The Hall–Kier alpha value is -1.78. The van der Waals surface area contributed by atoms with Crippen molar-refractivity contribution in [2.75, 3.05) is 5.73 Å². The van der Waals surface area contributed by atoms with Crippen molar-refractivity contribution in [3.05, 3.63) is 11.3 Å². The van der Waals surface area contributed by atoms with Crippen LogP contribution in [0.25, 0.3) is 0 Å². The van der Waals surface area contributed by atoms with Crippen LogP contribution in [0.1, 0.15) is 36.8 Å². The number of ketones is 1. The molecule has 0 aromatic carbocycles. The van der Waals surface area contributed by atoms with E-state index < -0.39 is 0 Å². The summed E-state index contributed by atoms with van der Waals surface area (Å²) in [5.41, 5.74) is 6.46. The standard InChI is InChI=1S/C10H12N4O/c1-10(2,3)7-6-5(15)4-12-8(6)14-9(11)13-7/h4H,1-3H3,(H2,11,13,14). The largest absolute Gasteiger partial charge is 0.368 e. The number of carbonyl (C=O) groups excluding carboxylic acids is 1. The molecule has 0 amide bonds. The molecular formula is C10H12N4O. The monoisotopic (exact) mass is 204 g/mol. The van der Waals surface area contributed by atoms with Crippen molar-refractivity contribution in [3.63, 3.8) is 0 Å². The Bertz CT molecular complexity index is 471. The van der Waals surface area contributed by atoms with Gasteiger partial charge in [0.1, 0.15) is 0 Å². The van der Waals surface area contributed by atoms with E-state index in [1.54, 1.807) is 0 Å². The molecule has 0 spiro atoms. The lowest BCUT2D eigenvalue weighted by molar-refractivity contribution is 0.107. The molecule has 0 atom stereocenters. The predicted molar refractivity (Wildman–Crippen MR) is 57.6 cm³/mol. The van der Waals surface area contributed by atoms with Gasteiger partial charge in [0.25, 0.3) is 0 Å². The lowest BCUT2D eigenvalue weighted by atomic mass is 9.88. The molecule has 2 heterocycles. The van der Waals surface area contributed by atoms with E-state index >= 15 is 0 Å². The van der Waals surface area contributed by atoms with Crippen LogP contribution in [-0.4, -0.2) is 22.0 Å². The highest BCUT2D eigenvalue weighted by Crippen LogP contribution is 2.32. The van der Waals surface area contributed by atoms with E-state index in [9.17, 15) is 4.79 Å². The Morgan fingerprint density at radius 1 is 1.27 bits per heavy atom. The van der Waals surface area contributed by atoms with Gasteiger partial charge in [0.05, 0.1) is 17.5 Å². The second-order valence-corrected chi connectivity index (χ2v) is 4.50. The number of nitrogens with two attached hydrogens (primary N) is 1. The van der Waals surface area contributed by atoms with Crippen LogP contribution in [0.3, 0.4) is 0 Å².